The molecule has 2 aliphatic rings. The number of aliphatic hydroxyl groups excluding tert-OH is 1. The topological polar surface area (TPSA) is 94.0 Å². The Balaban J connectivity index is 1.59. The van der Waals surface area contributed by atoms with Crippen LogP contribution in [0, 0.1) is 5.92 Å². The number of hydrogen-bond acceptors (Lipinski definition) is 5. The van der Waals surface area contributed by atoms with Gasteiger partial charge >= 0.3 is 0 Å². The molecule has 0 radical (unpaired) electrons. The number of carbonyl (C=O) groups excluding carboxylic acids is 1. The Labute approximate surface area is 148 Å². The number of nitrogens with zero attached hydrogens (tertiary/aromatic N) is 3. The first-order valence-electron chi connectivity index (χ1n) is 8.23. The number of imidazole rings is 1. The third kappa shape index (κ3) is 2.03. The minimum absolute atomic E-state index is 0.0214. The highest BCUT2D eigenvalue weighted by Gasteiger charge is 2.42. The van der Waals surface area contributed by atoms with Crippen LogP contribution < -0.4 is 5.73 Å². The van der Waals surface area contributed by atoms with Crippen molar-refractivity contribution < 1.29 is 9.90 Å². The van der Waals surface area contributed by atoms with Crippen molar-refractivity contribution in [2.75, 3.05) is 0 Å². The zero-order valence-electron chi connectivity index (χ0n) is 13.3. The molecule has 1 amide bonds. The molecule has 3 aromatic rings. The van der Waals surface area contributed by atoms with Gasteiger partial charge in [0.1, 0.15) is 6.10 Å². The summed E-state index contributed by atoms with van der Waals surface area (Å²) in [6.45, 7) is 0. The van der Waals surface area contributed by atoms with Gasteiger partial charge in [0.05, 0.1) is 30.0 Å². The van der Waals surface area contributed by atoms with E-state index >= 15 is 0 Å². The summed E-state index contributed by atoms with van der Waals surface area (Å²) in [6.07, 6.45) is 4.60. The molecule has 6 nitrogen and oxygen atoms in total. The largest absolute Gasteiger partial charge is 0.386 e. The fourth-order valence-corrected chi connectivity index (χ4v) is 5.15. The average molecular weight is 352 g/mol. The minimum atomic E-state index is -0.723. The van der Waals surface area contributed by atoms with Crippen LogP contribution in [0.2, 0.25) is 0 Å². The van der Waals surface area contributed by atoms with E-state index < -0.39 is 12.0 Å². The number of amides is 1. The minimum Gasteiger partial charge on any atom is -0.386 e. The molecule has 3 heterocycles. The molecule has 3 N–H and O–H groups in total. The Bertz CT molecular complexity index is 993. The van der Waals surface area contributed by atoms with Crippen molar-refractivity contribution >= 4 is 17.2 Å². The molecule has 1 unspecified atom stereocenters. The summed E-state index contributed by atoms with van der Waals surface area (Å²) >= 11 is 1.30. The fourth-order valence-electron chi connectivity index (χ4n) is 4.18. The summed E-state index contributed by atoms with van der Waals surface area (Å²) in [7, 11) is 0. The van der Waals surface area contributed by atoms with Gasteiger partial charge in [-0.25, -0.2) is 9.97 Å². The van der Waals surface area contributed by atoms with Crippen LogP contribution >= 0.6 is 11.3 Å². The van der Waals surface area contributed by atoms with E-state index in [1.165, 1.54) is 22.5 Å². The quantitative estimate of drug-likeness (QED) is 0.740. The Hall–Kier alpha value is -2.51. The lowest BCUT2D eigenvalue weighted by Gasteiger charge is -2.33. The number of thiazole rings is 1. The number of primary amides is 1. The second kappa shape index (κ2) is 5.24. The molecule has 1 aliphatic carbocycles. The molecule has 1 aliphatic heterocycles. The van der Waals surface area contributed by atoms with Crippen LogP contribution in [0.5, 0.6) is 0 Å². The van der Waals surface area contributed by atoms with Crippen LogP contribution in [0.15, 0.2) is 36.8 Å². The molecule has 0 fully saturated rings. The van der Waals surface area contributed by atoms with Gasteiger partial charge in [0.15, 0.2) is 5.01 Å². The Morgan fingerprint density at radius 1 is 1.36 bits per heavy atom. The first-order chi connectivity index (χ1) is 12.1. The van der Waals surface area contributed by atoms with Crippen LogP contribution in [0.25, 0.3) is 11.3 Å². The van der Waals surface area contributed by atoms with Crippen molar-refractivity contribution in [2.45, 2.75) is 25.0 Å². The number of aromatic nitrogens is 3. The summed E-state index contributed by atoms with van der Waals surface area (Å²) in [4.78, 5) is 21.0. The van der Waals surface area contributed by atoms with E-state index in [-0.39, 0.29) is 17.0 Å². The summed E-state index contributed by atoms with van der Waals surface area (Å²) in [5.41, 5.74) is 9.42. The van der Waals surface area contributed by atoms with E-state index in [0.717, 1.165) is 23.4 Å². The van der Waals surface area contributed by atoms with Crippen molar-refractivity contribution in [1.82, 2.24) is 14.5 Å². The molecule has 126 valence electrons. The second-order valence-electron chi connectivity index (χ2n) is 6.56. The molecule has 5 rings (SSSR count). The Kier molecular flexibility index (Phi) is 3.10. The highest BCUT2D eigenvalue weighted by molar-refractivity contribution is 7.13. The number of benzene rings is 1. The zero-order chi connectivity index (χ0) is 17.1. The van der Waals surface area contributed by atoms with Gasteiger partial charge in [0.2, 0.25) is 0 Å². The number of rotatable bonds is 2. The first-order valence-corrected chi connectivity index (χ1v) is 9.05. The molecule has 2 aromatic heterocycles. The predicted octanol–water partition coefficient (Wildman–Crippen LogP) is 2.30. The molecule has 0 bridgehead atoms. The summed E-state index contributed by atoms with van der Waals surface area (Å²) in [5.74, 6) is -0.557. The van der Waals surface area contributed by atoms with E-state index in [1.54, 1.807) is 0 Å². The molecular formula is C18H16N4O2S. The fraction of sp³-hybridized carbons (Fsp3) is 0.278. The standard InChI is InChI=1S/C18H16N4O2S/c19-17(24)18-21-14-13(25-18)6-5-11(16(14)23)15-10-4-2-1-3-9(10)12-7-20-8-22(12)15/h1-4,7-8,11,15-16,23H,5-6H2,(H2,19,24)/t11-,15?,16+/m0/s1. The lowest BCUT2D eigenvalue weighted by atomic mass is 9.80. The maximum atomic E-state index is 11.4. The van der Waals surface area contributed by atoms with Gasteiger partial charge in [-0.15, -0.1) is 11.3 Å². The van der Waals surface area contributed by atoms with Crippen molar-refractivity contribution in [3.05, 3.63) is 57.9 Å². The lowest BCUT2D eigenvalue weighted by molar-refractivity contribution is 0.0690. The highest BCUT2D eigenvalue weighted by atomic mass is 32.1. The smallest absolute Gasteiger partial charge is 0.277 e. The third-order valence-electron chi connectivity index (χ3n) is 5.26. The molecule has 7 heteroatoms. The summed E-state index contributed by atoms with van der Waals surface area (Å²) in [6, 6.07) is 8.28. The number of aliphatic hydroxyl groups is 1. The van der Waals surface area contributed by atoms with Crippen LogP contribution in [0.3, 0.4) is 0 Å². The van der Waals surface area contributed by atoms with Gasteiger partial charge in [-0.3, -0.25) is 4.79 Å². The number of nitrogens with two attached hydrogens (primary N) is 1. The second-order valence-corrected chi connectivity index (χ2v) is 7.64. The van der Waals surface area contributed by atoms with Crippen LogP contribution in [0.1, 0.15) is 44.5 Å². The number of fused-ring (bicyclic) bond motifs is 4. The zero-order valence-corrected chi connectivity index (χ0v) is 14.1. The van der Waals surface area contributed by atoms with Crippen LogP contribution in [-0.4, -0.2) is 25.5 Å². The van der Waals surface area contributed by atoms with Gasteiger partial charge in [-0.1, -0.05) is 24.3 Å². The SMILES string of the molecule is NC(=O)c1nc2c(s1)CC[C@@H](C1c3ccccc3-c3cncn31)[C@H]2O. The van der Waals surface area contributed by atoms with E-state index in [4.69, 9.17) is 5.73 Å². The van der Waals surface area contributed by atoms with Gasteiger partial charge in [-0.05, 0) is 18.4 Å². The first kappa shape index (κ1) is 14.8. The predicted molar refractivity (Wildman–Crippen MR) is 93.2 cm³/mol. The molecule has 0 spiro atoms. The van der Waals surface area contributed by atoms with E-state index in [0.29, 0.717) is 5.69 Å². The van der Waals surface area contributed by atoms with Crippen molar-refractivity contribution in [2.24, 2.45) is 11.7 Å². The van der Waals surface area contributed by atoms with Crippen LogP contribution in [-0.2, 0) is 6.42 Å². The maximum absolute atomic E-state index is 11.4. The average Bonchev–Trinajstić information content (AvgIpc) is 3.29. The van der Waals surface area contributed by atoms with Crippen molar-refractivity contribution in [3.8, 4) is 11.3 Å². The summed E-state index contributed by atoms with van der Waals surface area (Å²) < 4.78 is 2.14. The van der Waals surface area contributed by atoms with Crippen LogP contribution in [0.4, 0.5) is 0 Å². The van der Waals surface area contributed by atoms with E-state index in [9.17, 15) is 9.90 Å². The maximum Gasteiger partial charge on any atom is 0.277 e. The molecule has 0 saturated carbocycles. The van der Waals surface area contributed by atoms with E-state index in [2.05, 4.69) is 26.7 Å². The van der Waals surface area contributed by atoms with E-state index in [1.807, 2.05) is 24.7 Å². The van der Waals surface area contributed by atoms with Crippen molar-refractivity contribution in [3.63, 3.8) is 0 Å². The van der Waals surface area contributed by atoms with Gasteiger partial charge in [0.25, 0.3) is 5.91 Å². The molecule has 25 heavy (non-hydrogen) atoms. The number of carbonyl (C=O) groups is 1. The Morgan fingerprint density at radius 2 is 2.20 bits per heavy atom. The number of hydrogen-bond donors (Lipinski definition) is 2. The molecule has 3 atom stereocenters. The normalized spacial score (nSPS) is 23.8. The molecule has 1 aromatic carbocycles. The summed E-state index contributed by atoms with van der Waals surface area (Å²) in [5, 5.41) is 11.3. The molecule has 0 saturated heterocycles. The number of aryl methyl sites for hydroxylation is 1. The Morgan fingerprint density at radius 3 is 3.04 bits per heavy atom. The monoisotopic (exact) mass is 352 g/mol. The lowest BCUT2D eigenvalue weighted by Crippen LogP contribution is -2.28. The van der Waals surface area contributed by atoms with Gasteiger partial charge in [-0.2, -0.15) is 0 Å². The third-order valence-corrected chi connectivity index (χ3v) is 6.40. The van der Waals surface area contributed by atoms with Gasteiger partial charge < -0.3 is 15.4 Å². The van der Waals surface area contributed by atoms with Crippen molar-refractivity contribution in [1.29, 1.82) is 0 Å². The highest BCUT2D eigenvalue weighted by Crippen LogP contribution is 2.50. The van der Waals surface area contributed by atoms with Gasteiger partial charge in [0, 0.05) is 16.4 Å². The molecular weight excluding hydrogens is 336 g/mol.